The van der Waals surface area contributed by atoms with Crippen LogP contribution in [0.4, 0.5) is 0 Å². The molecule has 1 saturated heterocycles. The highest BCUT2D eigenvalue weighted by Crippen LogP contribution is 2.24. The average Bonchev–Trinajstić information content (AvgIpc) is 3.42. The highest BCUT2D eigenvalue weighted by Gasteiger charge is 2.16. The summed E-state index contributed by atoms with van der Waals surface area (Å²) in [4.78, 5) is 16.5. The van der Waals surface area contributed by atoms with Crippen molar-refractivity contribution in [2.24, 2.45) is 7.05 Å². The number of imidazole rings is 1. The standard InChI is InChI=1S/C20H23N5O2/c1-24-10-8-21-20(24)16-5-2-4-15(12-16)18-7-9-25(23-18)14-19(26)22-13-17-6-3-11-27-17/h2,4-5,7-10,12,17H,3,6,11,13-14H2,1H3,(H,22,26). The lowest BCUT2D eigenvalue weighted by atomic mass is 10.1. The van der Waals surface area contributed by atoms with Crippen LogP contribution in [0.15, 0.2) is 48.9 Å². The Morgan fingerprint density at radius 1 is 1.30 bits per heavy atom. The normalized spacial score (nSPS) is 16.6. The molecule has 2 aromatic heterocycles. The number of aromatic nitrogens is 4. The van der Waals surface area contributed by atoms with Gasteiger partial charge in [-0.2, -0.15) is 5.10 Å². The second kappa shape index (κ2) is 7.75. The Morgan fingerprint density at radius 3 is 2.96 bits per heavy atom. The maximum absolute atomic E-state index is 12.1. The van der Waals surface area contributed by atoms with Crippen LogP contribution in [0, 0.1) is 0 Å². The van der Waals surface area contributed by atoms with Crippen molar-refractivity contribution in [3.8, 4) is 22.6 Å². The van der Waals surface area contributed by atoms with E-state index in [2.05, 4.69) is 21.5 Å². The van der Waals surface area contributed by atoms with Crippen molar-refractivity contribution < 1.29 is 9.53 Å². The number of carbonyl (C=O) groups excluding carboxylic acids is 1. The van der Waals surface area contributed by atoms with Crippen LogP contribution in [-0.2, 0) is 23.1 Å². The number of nitrogens with one attached hydrogen (secondary N) is 1. The quantitative estimate of drug-likeness (QED) is 0.727. The van der Waals surface area contributed by atoms with Crippen molar-refractivity contribution in [2.45, 2.75) is 25.5 Å². The van der Waals surface area contributed by atoms with Crippen molar-refractivity contribution >= 4 is 5.91 Å². The van der Waals surface area contributed by atoms with E-state index in [1.54, 1.807) is 10.9 Å². The maximum atomic E-state index is 12.1. The largest absolute Gasteiger partial charge is 0.376 e. The molecule has 1 unspecified atom stereocenters. The summed E-state index contributed by atoms with van der Waals surface area (Å²) >= 11 is 0. The van der Waals surface area contributed by atoms with Crippen LogP contribution >= 0.6 is 0 Å². The molecule has 3 aromatic rings. The minimum atomic E-state index is -0.0538. The zero-order valence-electron chi connectivity index (χ0n) is 15.3. The van der Waals surface area contributed by atoms with Gasteiger partial charge in [-0.3, -0.25) is 9.48 Å². The number of benzene rings is 1. The van der Waals surface area contributed by atoms with Crippen LogP contribution in [0.3, 0.4) is 0 Å². The minimum absolute atomic E-state index is 0.0538. The number of hydrogen-bond donors (Lipinski definition) is 1. The van der Waals surface area contributed by atoms with Gasteiger partial charge in [-0.15, -0.1) is 0 Å². The second-order valence-corrected chi connectivity index (χ2v) is 6.78. The fourth-order valence-electron chi connectivity index (χ4n) is 3.30. The molecular weight excluding hydrogens is 342 g/mol. The van der Waals surface area contributed by atoms with Gasteiger partial charge in [-0.05, 0) is 25.0 Å². The lowest BCUT2D eigenvalue weighted by molar-refractivity contribution is -0.122. The van der Waals surface area contributed by atoms with E-state index in [1.807, 2.05) is 48.3 Å². The van der Waals surface area contributed by atoms with Crippen LogP contribution in [-0.4, -0.2) is 44.5 Å². The number of aryl methyl sites for hydroxylation is 1. The number of amides is 1. The van der Waals surface area contributed by atoms with Crippen LogP contribution in [0.1, 0.15) is 12.8 Å². The van der Waals surface area contributed by atoms with Gasteiger partial charge in [0.25, 0.3) is 0 Å². The molecule has 1 aromatic carbocycles. The number of hydrogen-bond acceptors (Lipinski definition) is 4. The third-order valence-corrected chi connectivity index (χ3v) is 4.73. The summed E-state index contributed by atoms with van der Waals surface area (Å²) in [5.41, 5.74) is 2.86. The van der Waals surface area contributed by atoms with Crippen molar-refractivity contribution in [3.63, 3.8) is 0 Å². The van der Waals surface area contributed by atoms with Gasteiger partial charge in [0.15, 0.2) is 0 Å². The van der Waals surface area contributed by atoms with E-state index in [1.165, 1.54) is 0 Å². The first-order valence-electron chi connectivity index (χ1n) is 9.19. The molecule has 0 radical (unpaired) electrons. The fraction of sp³-hybridized carbons (Fsp3) is 0.350. The maximum Gasteiger partial charge on any atom is 0.241 e. The summed E-state index contributed by atoms with van der Waals surface area (Å²) in [5, 5.41) is 7.46. The molecular formula is C20H23N5O2. The summed E-state index contributed by atoms with van der Waals surface area (Å²) in [7, 11) is 1.97. The van der Waals surface area contributed by atoms with E-state index in [-0.39, 0.29) is 18.6 Å². The van der Waals surface area contributed by atoms with Crippen LogP contribution in [0.25, 0.3) is 22.6 Å². The Bertz CT molecular complexity index is 924. The number of ether oxygens (including phenoxy) is 1. The van der Waals surface area contributed by atoms with Crippen LogP contribution in [0.5, 0.6) is 0 Å². The Labute approximate surface area is 158 Å². The first-order chi connectivity index (χ1) is 13.2. The Hall–Kier alpha value is -2.93. The molecule has 0 bridgehead atoms. The van der Waals surface area contributed by atoms with Crippen molar-refractivity contribution in [1.82, 2.24) is 24.6 Å². The summed E-state index contributed by atoms with van der Waals surface area (Å²) in [6, 6.07) is 10.0. The van der Waals surface area contributed by atoms with Gasteiger partial charge in [-0.25, -0.2) is 4.98 Å². The summed E-state index contributed by atoms with van der Waals surface area (Å²) in [6.07, 6.45) is 7.77. The van der Waals surface area contributed by atoms with Gasteiger partial charge in [0.1, 0.15) is 12.4 Å². The molecule has 1 aliphatic rings. The number of rotatable bonds is 6. The van der Waals surface area contributed by atoms with Crippen LogP contribution in [0.2, 0.25) is 0 Å². The smallest absolute Gasteiger partial charge is 0.241 e. The summed E-state index contributed by atoms with van der Waals surface area (Å²) in [5.74, 6) is 0.853. The highest BCUT2D eigenvalue weighted by atomic mass is 16.5. The van der Waals surface area contributed by atoms with Crippen molar-refractivity contribution in [2.75, 3.05) is 13.2 Å². The topological polar surface area (TPSA) is 74.0 Å². The summed E-state index contributed by atoms with van der Waals surface area (Å²) < 4.78 is 9.16. The average molecular weight is 365 g/mol. The third kappa shape index (κ3) is 4.09. The van der Waals surface area contributed by atoms with E-state index in [4.69, 9.17) is 4.74 Å². The zero-order chi connectivity index (χ0) is 18.6. The molecule has 7 nitrogen and oxygen atoms in total. The van der Waals surface area contributed by atoms with Gasteiger partial charge >= 0.3 is 0 Å². The fourth-order valence-corrected chi connectivity index (χ4v) is 3.30. The Balaban J connectivity index is 1.41. The molecule has 1 aliphatic heterocycles. The predicted octanol–water partition coefficient (Wildman–Crippen LogP) is 2.25. The van der Waals surface area contributed by atoms with Crippen LogP contribution < -0.4 is 5.32 Å². The first-order valence-corrected chi connectivity index (χ1v) is 9.19. The molecule has 1 atom stereocenters. The Morgan fingerprint density at radius 2 is 2.19 bits per heavy atom. The molecule has 3 heterocycles. The molecule has 1 fully saturated rings. The van der Waals surface area contributed by atoms with E-state index >= 15 is 0 Å². The van der Waals surface area contributed by atoms with Gasteiger partial charge in [0.05, 0.1) is 11.8 Å². The molecule has 1 amide bonds. The van der Waals surface area contributed by atoms with E-state index in [0.717, 1.165) is 42.1 Å². The third-order valence-electron chi connectivity index (χ3n) is 4.73. The molecule has 0 saturated carbocycles. The van der Waals surface area contributed by atoms with E-state index in [9.17, 15) is 4.79 Å². The molecule has 1 N–H and O–H groups in total. The van der Waals surface area contributed by atoms with Crippen molar-refractivity contribution in [3.05, 3.63) is 48.9 Å². The lowest BCUT2D eigenvalue weighted by Gasteiger charge is -2.10. The minimum Gasteiger partial charge on any atom is -0.376 e. The SMILES string of the molecule is Cn1ccnc1-c1cccc(-c2ccn(CC(=O)NCC3CCCO3)n2)c1. The monoisotopic (exact) mass is 365 g/mol. The molecule has 4 rings (SSSR count). The van der Waals surface area contributed by atoms with E-state index in [0.29, 0.717) is 6.54 Å². The molecule has 7 heteroatoms. The Kier molecular flexibility index (Phi) is 5.02. The first kappa shape index (κ1) is 17.5. The highest BCUT2D eigenvalue weighted by molar-refractivity contribution is 5.75. The molecule has 0 spiro atoms. The van der Waals surface area contributed by atoms with Gasteiger partial charge in [0.2, 0.25) is 5.91 Å². The molecule has 0 aliphatic carbocycles. The number of nitrogens with zero attached hydrogens (tertiary/aromatic N) is 4. The number of carbonyl (C=O) groups is 1. The zero-order valence-corrected chi connectivity index (χ0v) is 15.3. The second-order valence-electron chi connectivity index (χ2n) is 6.78. The van der Waals surface area contributed by atoms with Crippen molar-refractivity contribution in [1.29, 1.82) is 0 Å². The summed E-state index contributed by atoms with van der Waals surface area (Å²) in [6.45, 7) is 1.56. The predicted molar refractivity (Wildman–Crippen MR) is 102 cm³/mol. The lowest BCUT2D eigenvalue weighted by Crippen LogP contribution is -2.34. The van der Waals surface area contributed by atoms with Gasteiger partial charge in [0, 0.05) is 49.9 Å². The van der Waals surface area contributed by atoms with Gasteiger partial charge in [-0.1, -0.05) is 18.2 Å². The van der Waals surface area contributed by atoms with Gasteiger partial charge < -0.3 is 14.6 Å². The molecule has 140 valence electrons. The molecule has 27 heavy (non-hydrogen) atoms. The van der Waals surface area contributed by atoms with E-state index < -0.39 is 0 Å².